The predicted molar refractivity (Wildman–Crippen MR) is 125 cm³/mol. The topological polar surface area (TPSA) is 179 Å². The monoisotopic (exact) mass is 510 g/mol. The number of ether oxygens (including phenoxy) is 2. The van der Waals surface area contributed by atoms with Crippen molar-refractivity contribution in [1.82, 2.24) is 14.5 Å². The lowest BCUT2D eigenvalue weighted by atomic mass is 10.1. The van der Waals surface area contributed by atoms with Crippen molar-refractivity contribution in [3.05, 3.63) is 18.1 Å². The summed E-state index contributed by atoms with van der Waals surface area (Å²) in [5.41, 5.74) is -0.831. The van der Waals surface area contributed by atoms with Crippen molar-refractivity contribution < 1.29 is 39.1 Å². The van der Waals surface area contributed by atoms with Gasteiger partial charge in [0.15, 0.2) is 6.23 Å². The molecule has 1 saturated heterocycles. The largest absolute Gasteiger partial charge is 0.387 e. The molecule has 2 aromatic rings. The molecule has 0 unspecified atom stereocenters. The Labute approximate surface area is 202 Å². The van der Waals surface area contributed by atoms with Crippen molar-refractivity contribution in [2.75, 3.05) is 18.3 Å². The van der Waals surface area contributed by atoms with Crippen molar-refractivity contribution >= 4 is 24.4 Å². The lowest BCUT2D eigenvalue weighted by Crippen LogP contribution is -2.33. The van der Waals surface area contributed by atoms with Crippen LogP contribution in [0.3, 0.4) is 0 Å². The number of rotatable bonds is 7. The van der Waals surface area contributed by atoms with Crippen LogP contribution < -0.4 is 5.32 Å². The number of fused-ring (bicyclic) bond motifs is 1. The minimum atomic E-state index is -4.38. The summed E-state index contributed by atoms with van der Waals surface area (Å²) in [5, 5.41) is 35.2. The van der Waals surface area contributed by atoms with E-state index in [9.17, 15) is 19.9 Å². The van der Waals surface area contributed by atoms with E-state index in [0.29, 0.717) is 16.9 Å². The van der Waals surface area contributed by atoms with Crippen molar-refractivity contribution in [3.8, 4) is 11.8 Å². The Morgan fingerprint density at radius 2 is 1.97 bits per heavy atom. The molecule has 0 bridgehead atoms. The van der Waals surface area contributed by atoms with E-state index in [0.717, 1.165) is 25.7 Å². The Bertz CT molecular complexity index is 1160. The first-order valence-electron chi connectivity index (χ1n) is 11.5. The van der Waals surface area contributed by atoms with Crippen LogP contribution in [0.25, 0.3) is 11.0 Å². The van der Waals surface area contributed by atoms with Crippen LogP contribution in [-0.2, 0) is 14.0 Å². The number of nitrogens with one attached hydrogen (secondary N) is 1. The fraction of sp³-hybridized carbons (Fsp3) is 0.636. The first-order chi connectivity index (χ1) is 16.4. The molecule has 0 radical (unpaired) electrons. The predicted octanol–water partition coefficient (Wildman–Crippen LogP) is 0.679. The number of hydrogen-bond acceptors (Lipinski definition) is 9. The van der Waals surface area contributed by atoms with Crippen molar-refractivity contribution in [3.63, 3.8) is 0 Å². The second-order valence-corrected chi connectivity index (χ2v) is 11.1. The molecule has 6 N–H and O–H groups in total. The maximum Gasteiger partial charge on any atom is 0.350 e. The standard InChI is InChI=1S/C22H31N4O8P/c1-22(2,29)9-7-16-24-19(23-13-5-3-4-6-13)14-8-10-26(20(14)25-16)21-18(28)17(27)15(34-21)11-33-12-35(30,31)32/h8,10,13,15,17-18,21,27-29H,3-6,11-12H2,1-2H3,(H,23,24,25)(H2,30,31,32)/t15-,17-,18-,21-/m1/s1. The molecule has 1 saturated carbocycles. The fourth-order valence-electron chi connectivity index (χ4n) is 4.26. The Morgan fingerprint density at radius 1 is 1.26 bits per heavy atom. The van der Waals surface area contributed by atoms with Crippen LogP contribution in [0.5, 0.6) is 0 Å². The van der Waals surface area contributed by atoms with E-state index in [1.807, 2.05) is 0 Å². The molecule has 3 heterocycles. The van der Waals surface area contributed by atoms with Gasteiger partial charge in [0.05, 0.1) is 12.0 Å². The highest BCUT2D eigenvalue weighted by molar-refractivity contribution is 7.51. The fourth-order valence-corrected chi connectivity index (χ4v) is 4.60. The van der Waals surface area contributed by atoms with Crippen LogP contribution >= 0.6 is 7.60 Å². The zero-order valence-corrected chi connectivity index (χ0v) is 20.4. The molecule has 192 valence electrons. The number of anilines is 1. The van der Waals surface area contributed by atoms with Gasteiger partial charge < -0.3 is 44.5 Å². The molecule has 12 nitrogen and oxygen atoms in total. The number of aliphatic hydroxyl groups is 3. The van der Waals surface area contributed by atoms with Crippen LogP contribution in [0.15, 0.2) is 12.3 Å². The molecule has 35 heavy (non-hydrogen) atoms. The van der Waals surface area contributed by atoms with Crippen molar-refractivity contribution in [1.29, 1.82) is 0 Å². The molecule has 2 aliphatic rings. The number of nitrogens with zero attached hydrogens (tertiary/aromatic N) is 3. The Balaban J connectivity index is 1.65. The van der Waals surface area contributed by atoms with E-state index in [1.54, 1.807) is 30.7 Å². The lowest BCUT2D eigenvalue weighted by Gasteiger charge is -2.18. The summed E-state index contributed by atoms with van der Waals surface area (Å²) in [6.45, 7) is 2.79. The number of hydrogen-bond donors (Lipinski definition) is 6. The minimum Gasteiger partial charge on any atom is -0.387 e. The van der Waals surface area contributed by atoms with E-state index in [4.69, 9.17) is 19.3 Å². The van der Waals surface area contributed by atoms with Crippen LogP contribution in [0, 0.1) is 11.8 Å². The maximum atomic E-state index is 11.0. The van der Waals surface area contributed by atoms with Crippen LogP contribution in [0.1, 0.15) is 51.6 Å². The summed E-state index contributed by atoms with van der Waals surface area (Å²) in [6.07, 6.45) is 0.400. The van der Waals surface area contributed by atoms with Gasteiger partial charge in [0, 0.05) is 12.2 Å². The number of aromatic nitrogens is 3. The SMILES string of the molecule is CC(C)(O)C#Cc1nc(NC2CCCC2)c2ccn([C@@H]3O[C@H](COCP(=O)(O)O)[C@@H](O)[C@H]3O)c2n1. The van der Waals surface area contributed by atoms with E-state index < -0.39 is 44.1 Å². The summed E-state index contributed by atoms with van der Waals surface area (Å²) in [5.74, 6) is 6.26. The zero-order valence-electron chi connectivity index (χ0n) is 19.5. The second-order valence-electron chi connectivity index (χ2n) is 9.50. The first kappa shape index (κ1) is 26.0. The van der Waals surface area contributed by atoms with Crippen LogP contribution in [0.2, 0.25) is 0 Å². The third-order valence-corrected chi connectivity index (χ3v) is 6.42. The van der Waals surface area contributed by atoms with Gasteiger partial charge in [-0.15, -0.1) is 0 Å². The van der Waals surface area contributed by atoms with Gasteiger partial charge in [-0.05, 0) is 38.7 Å². The molecule has 4 rings (SSSR count). The van der Waals surface area contributed by atoms with E-state index in [-0.39, 0.29) is 18.5 Å². The highest BCUT2D eigenvalue weighted by atomic mass is 31.2. The van der Waals surface area contributed by atoms with Gasteiger partial charge in [0.1, 0.15) is 41.7 Å². The van der Waals surface area contributed by atoms with Gasteiger partial charge in [0.2, 0.25) is 5.82 Å². The van der Waals surface area contributed by atoms with E-state index in [1.165, 1.54) is 0 Å². The molecular weight excluding hydrogens is 479 g/mol. The van der Waals surface area contributed by atoms with Gasteiger partial charge in [-0.25, -0.2) is 9.97 Å². The lowest BCUT2D eigenvalue weighted by molar-refractivity contribution is -0.0610. The molecule has 1 aliphatic carbocycles. The minimum absolute atomic E-state index is 0.176. The summed E-state index contributed by atoms with van der Waals surface area (Å²) >= 11 is 0. The van der Waals surface area contributed by atoms with E-state index in [2.05, 4.69) is 27.1 Å². The first-order valence-corrected chi connectivity index (χ1v) is 13.3. The summed E-state index contributed by atoms with van der Waals surface area (Å²) in [6, 6.07) is 2.04. The molecule has 1 aliphatic heterocycles. The normalized spacial score (nSPS) is 25.7. The molecule has 2 aromatic heterocycles. The van der Waals surface area contributed by atoms with Crippen LogP contribution in [0.4, 0.5) is 5.82 Å². The highest BCUT2D eigenvalue weighted by Gasteiger charge is 2.44. The highest BCUT2D eigenvalue weighted by Crippen LogP contribution is 2.36. The average molecular weight is 510 g/mol. The summed E-state index contributed by atoms with van der Waals surface area (Å²) in [4.78, 5) is 27.0. The van der Waals surface area contributed by atoms with Crippen LogP contribution in [-0.4, -0.2) is 82.6 Å². The molecule has 2 fully saturated rings. The maximum absolute atomic E-state index is 11.0. The van der Waals surface area contributed by atoms with Gasteiger partial charge in [-0.3, -0.25) is 4.57 Å². The quantitative estimate of drug-likeness (QED) is 0.228. The third kappa shape index (κ3) is 6.39. The van der Waals surface area contributed by atoms with Gasteiger partial charge in [-0.2, -0.15) is 0 Å². The van der Waals surface area contributed by atoms with E-state index >= 15 is 0 Å². The van der Waals surface area contributed by atoms with Crippen molar-refractivity contribution in [2.45, 2.75) is 75.7 Å². The van der Waals surface area contributed by atoms with Gasteiger partial charge >= 0.3 is 7.60 Å². The molecule has 4 atom stereocenters. The molecule has 0 amide bonds. The zero-order chi connectivity index (χ0) is 25.4. The van der Waals surface area contributed by atoms with Gasteiger partial charge in [-0.1, -0.05) is 18.8 Å². The molecular formula is C22H31N4O8P. The molecule has 0 aromatic carbocycles. The second kappa shape index (κ2) is 10.1. The van der Waals surface area contributed by atoms with Crippen molar-refractivity contribution in [2.24, 2.45) is 0 Å². The third-order valence-electron chi connectivity index (χ3n) is 5.90. The molecule has 13 heteroatoms. The summed E-state index contributed by atoms with van der Waals surface area (Å²) < 4.78 is 23.4. The average Bonchev–Trinajstić information content (AvgIpc) is 3.47. The van der Waals surface area contributed by atoms with Gasteiger partial charge in [0.25, 0.3) is 0 Å². The smallest absolute Gasteiger partial charge is 0.350 e. The Morgan fingerprint density at radius 3 is 2.63 bits per heavy atom. The molecule has 0 spiro atoms. The number of aliphatic hydroxyl groups excluding tert-OH is 2. The Kier molecular flexibility index (Phi) is 7.52. The Hall–Kier alpha value is -2.07. The summed E-state index contributed by atoms with van der Waals surface area (Å²) in [7, 11) is -4.38.